The van der Waals surface area contributed by atoms with Gasteiger partial charge in [-0.2, -0.15) is 0 Å². The van der Waals surface area contributed by atoms with E-state index in [4.69, 9.17) is 14.2 Å². The third kappa shape index (κ3) is 2.81. The van der Waals surface area contributed by atoms with Crippen LogP contribution >= 0.6 is 0 Å². The standard InChI is InChI=1S/C11H10O6/c1-15-8-3-7(5-12)4-9(16-2)11(8)17-10(14)6-13/h3-6H,1-2H3. The fourth-order valence-electron chi connectivity index (χ4n) is 1.19. The fourth-order valence-corrected chi connectivity index (χ4v) is 1.19. The fraction of sp³-hybridized carbons (Fsp3) is 0.182. The number of methoxy groups -OCH3 is 2. The molecule has 1 rings (SSSR count). The summed E-state index contributed by atoms with van der Waals surface area (Å²) in [4.78, 5) is 31.8. The molecule has 0 bridgehead atoms. The van der Waals surface area contributed by atoms with Gasteiger partial charge in [-0.3, -0.25) is 9.59 Å². The van der Waals surface area contributed by atoms with Crippen LogP contribution in [0.5, 0.6) is 17.2 Å². The minimum Gasteiger partial charge on any atom is -0.493 e. The molecule has 0 spiro atoms. The zero-order valence-corrected chi connectivity index (χ0v) is 9.26. The van der Waals surface area contributed by atoms with Crippen molar-refractivity contribution >= 4 is 18.5 Å². The molecule has 0 unspecified atom stereocenters. The molecule has 90 valence electrons. The Hall–Kier alpha value is -2.37. The second-order valence-electron chi connectivity index (χ2n) is 2.91. The van der Waals surface area contributed by atoms with Crippen LogP contribution in [0.1, 0.15) is 10.4 Å². The highest BCUT2D eigenvalue weighted by atomic mass is 16.6. The zero-order valence-electron chi connectivity index (χ0n) is 9.26. The van der Waals surface area contributed by atoms with Gasteiger partial charge in [-0.25, -0.2) is 4.79 Å². The number of hydrogen-bond acceptors (Lipinski definition) is 6. The van der Waals surface area contributed by atoms with E-state index in [1.165, 1.54) is 26.4 Å². The number of aldehydes is 2. The van der Waals surface area contributed by atoms with Crippen molar-refractivity contribution in [2.45, 2.75) is 0 Å². The van der Waals surface area contributed by atoms with Crippen LogP contribution in [-0.4, -0.2) is 32.8 Å². The average Bonchev–Trinajstić information content (AvgIpc) is 2.38. The van der Waals surface area contributed by atoms with Gasteiger partial charge in [0, 0.05) is 5.56 Å². The lowest BCUT2D eigenvalue weighted by Crippen LogP contribution is -2.10. The molecule has 0 fully saturated rings. The first-order valence-electron chi connectivity index (χ1n) is 4.54. The summed E-state index contributed by atoms with van der Waals surface area (Å²) < 4.78 is 14.6. The summed E-state index contributed by atoms with van der Waals surface area (Å²) in [5.74, 6) is -0.874. The number of hydrogen-bond donors (Lipinski definition) is 0. The monoisotopic (exact) mass is 238 g/mol. The van der Waals surface area contributed by atoms with Crippen LogP contribution in [0, 0.1) is 0 Å². The van der Waals surface area contributed by atoms with Crippen LogP contribution in [0.3, 0.4) is 0 Å². The van der Waals surface area contributed by atoms with Crippen molar-refractivity contribution in [3.63, 3.8) is 0 Å². The number of carbonyl (C=O) groups is 3. The topological polar surface area (TPSA) is 78.9 Å². The van der Waals surface area contributed by atoms with Crippen LogP contribution in [0.2, 0.25) is 0 Å². The molecule has 0 saturated heterocycles. The van der Waals surface area contributed by atoms with Crippen LogP contribution in [-0.2, 0) is 9.59 Å². The lowest BCUT2D eigenvalue weighted by molar-refractivity contribution is -0.141. The second kappa shape index (κ2) is 5.64. The van der Waals surface area contributed by atoms with Gasteiger partial charge in [0.2, 0.25) is 12.0 Å². The number of ether oxygens (including phenoxy) is 3. The maximum absolute atomic E-state index is 10.9. The first-order chi connectivity index (χ1) is 8.15. The molecule has 6 heteroatoms. The summed E-state index contributed by atoms with van der Waals surface area (Å²) >= 11 is 0. The summed E-state index contributed by atoms with van der Waals surface area (Å²) in [5, 5.41) is 0. The molecule has 0 heterocycles. The molecular formula is C11H10O6. The molecule has 0 N–H and O–H groups in total. The molecule has 0 atom stereocenters. The third-order valence-electron chi connectivity index (χ3n) is 1.92. The third-order valence-corrected chi connectivity index (χ3v) is 1.92. The maximum atomic E-state index is 10.9. The van der Waals surface area contributed by atoms with E-state index in [1.54, 1.807) is 0 Å². The van der Waals surface area contributed by atoms with E-state index in [0.717, 1.165) is 0 Å². The van der Waals surface area contributed by atoms with Crippen molar-refractivity contribution in [1.82, 2.24) is 0 Å². The first kappa shape index (κ1) is 12.7. The molecule has 0 saturated carbocycles. The van der Waals surface area contributed by atoms with Crippen molar-refractivity contribution in [3.05, 3.63) is 17.7 Å². The van der Waals surface area contributed by atoms with E-state index >= 15 is 0 Å². The van der Waals surface area contributed by atoms with E-state index in [0.29, 0.717) is 11.8 Å². The Labute approximate surface area is 97.1 Å². The minimum atomic E-state index is -1.08. The minimum absolute atomic E-state index is 0.0204. The summed E-state index contributed by atoms with van der Waals surface area (Å²) in [5.41, 5.74) is 0.296. The van der Waals surface area contributed by atoms with Gasteiger partial charge in [0.15, 0.2) is 11.5 Å². The number of benzene rings is 1. The van der Waals surface area contributed by atoms with Gasteiger partial charge >= 0.3 is 5.97 Å². The van der Waals surface area contributed by atoms with Crippen LogP contribution in [0.15, 0.2) is 12.1 Å². The van der Waals surface area contributed by atoms with Crippen molar-refractivity contribution in [3.8, 4) is 17.2 Å². The Bertz CT molecular complexity index is 426. The van der Waals surface area contributed by atoms with Crippen molar-refractivity contribution in [2.24, 2.45) is 0 Å². The Balaban J connectivity index is 3.28. The Morgan fingerprint density at radius 1 is 1.12 bits per heavy atom. The van der Waals surface area contributed by atoms with Gasteiger partial charge in [-0.15, -0.1) is 0 Å². The van der Waals surface area contributed by atoms with E-state index in [9.17, 15) is 14.4 Å². The number of rotatable bonds is 5. The lowest BCUT2D eigenvalue weighted by Gasteiger charge is -2.12. The average molecular weight is 238 g/mol. The predicted molar refractivity (Wildman–Crippen MR) is 56.6 cm³/mol. The van der Waals surface area contributed by atoms with Gasteiger partial charge in [0.25, 0.3) is 0 Å². The van der Waals surface area contributed by atoms with Crippen LogP contribution in [0.25, 0.3) is 0 Å². The summed E-state index contributed by atoms with van der Waals surface area (Å²) in [6.07, 6.45) is 0.614. The van der Waals surface area contributed by atoms with E-state index in [1.807, 2.05) is 0 Å². The van der Waals surface area contributed by atoms with E-state index in [2.05, 4.69) is 0 Å². The van der Waals surface area contributed by atoms with E-state index in [-0.39, 0.29) is 23.5 Å². The largest absolute Gasteiger partial charge is 0.493 e. The van der Waals surface area contributed by atoms with Crippen LogP contribution < -0.4 is 14.2 Å². The lowest BCUT2D eigenvalue weighted by atomic mass is 10.2. The zero-order chi connectivity index (χ0) is 12.8. The molecule has 6 nitrogen and oxygen atoms in total. The Morgan fingerprint density at radius 3 is 2.00 bits per heavy atom. The Morgan fingerprint density at radius 2 is 1.65 bits per heavy atom. The molecule has 0 radical (unpaired) electrons. The highest BCUT2D eigenvalue weighted by molar-refractivity contribution is 6.21. The predicted octanol–water partition coefficient (Wildman–Crippen LogP) is 0.621. The van der Waals surface area contributed by atoms with Gasteiger partial charge < -0.3 is 14.2 Å². The summed E-state index contributed by atoms with van der Waals surface area (Å²) in [7, 11) is 2.67. The normalized spacial score (nSPS) is 9.29. The van der Waals surface area contributed by atoms with Crippen molar-refractivity contribution < 1.29 is 28.6 Å². The number of carbonyl (C=O) groups excluding carboxylic acids is 3. The summed E-state index contributed by atoms with van der Waals surface area (Å²) in [6.45, 7) is 0. The highest BCUT2D eigenvalue weighted by Crippen LogP contribution is 2.38. The molecule has 0 aliphatic heterocycles. The molecule has 1 aromatic rings. The Kier molecular flexibility index (Phi) is 4.21. The van der Waals surface area contributed by atoms with Gasteiger partial charge in [0.05, 0.1) is 14.2 Å². The van der Waals surface area contributed by atoms with Gasteiger partial charge in [-0.05, 0) is 12.1 Å². The first-order valence-corrected chi connectivity index (χ1v) is 4.54. The second-order valence-corrected chi connectivity index (χ2v) is 2.91. The van der Waals surface area contributed by atoms with Gasteiger partial charge in [-0.1, -0.05) is 0 Å². The molecule has 0 amide bonds. The molecule has 0 aliphatic carbocycles. The van der Waals surface area contributed by atoms with Gasteiger partial charge in [0.1, 0.15) is 6.29 Å². The SMILES string of the molecule is COc1cc(C=O)cc(OC)c1OC(=O)C=O. The number of esters is 1. The van der Waals surface area contributed by atoms with E-state index < -0.39 is 5.97 Å². The quantitative estimate of drug-likeness (QED) is 0.324. The van der Waals surface area contributed by atoms with Crippen molar-refractivity contribution in [2.75, 3.05) is 14.2 Å². The smallest absolute Gasteiger partial charge is 0.376 e. The molecule has 17 heavy (non-hydrogen) atoms. The molecular weight excluding hydrogens is 228 g/mol. The molecule has 0 aromatic heterocycles. The molecule has 1 aromatic carbocycles. The van der Waals surface area contributed by atoms with Crippen molar-refractivity contribution in [1.29, 1.82) is 0 Å². The molecule has 0 aliphatic rings. The van der Waals surface area contributed by atoms with Crippen LogP contribution in [0.4, 0.5) is 0 Å². The summed E-state index contributed by atoms with van der Waals surface area (Å²) in [6, 6.07) is 2.73. The highest BCUT2D eigenvalue weighted by Gasteiger charge is 2.17. The maximum Gasteiger partial charge on any atom is 0.376 e.